The van der Waals surface area contributed by atoms with Gasteiger partial charge in [0.25, 0.3) is 5.91 Å². The lowest BCUT2D eigenvalue weighted by Crippen LogP contribution is -2.39. The highest BCUT2D eigenvalue weighted by atomic mass is 32.2. The molecule has 0 aliphatic carbocycles. The van der Waals surface area contributed by atoms with Gasteiger partial charge in [0.1, 0.15) is 11.3 Å². The van der Waals surface area contributed by atoms with Gasteiger partial charge in [-0.25, -0.2) is 0 Å². The molecule has 0 spiro atoms. The van der Waals surface area contributed by atoms with E-state index in [9.17, 15) is 9.00 Å². The van der Waals surface area contributed by atoms with Gasteiger partial charge in [-0.3, -0.25) is 9.00 Å². The van der Waals surface area contributed by atoms with Crippen LogP contribution in [0.3, 0.4) is 0 Å². The Balaban J connectivity index is 2.10. The Morgan fingerprint density at radius 1 is 1.45 bits per heavy atom. The van der Waals surface area contributed by atoms with Crippen molar-refractivity contribution in [3.05, 3.63) is 23.8 Å². The third-order valence-corrected chi connectivity index (χ3v) is 4.69. The maximum Gasteiger partial charge on any atom is 0.257 e. The van der Waals surface area contributed by atoms with Crippen LogP contribution in [0.1, 0.15) is 30.1 Å². The summed E-state index contributed by atoms with van der Waals surface area (Å²) in [5.41, 5.74) is 6.69. The van der Waals surface area contributed by atoms with E-state index in [0.29, 0.717) is 35.1 Å². The summed E-state index contributed by atoms with van der Waals surface area (Å²) in [6.45, 7) is 2.34. The summed E-state index contributed by atoms with van der Waals surface area (Å²) in [4.78, 5) is 12.4. The maximum absolute atomic E-state index is 12.4. The number of amides is 1. The minimum absolute atomic E-state index is 0.0642. The maximum atomic E-state index is 12.4. The summed E-state index contributed by atoms with van der Waals surface area (Å²) in [5, 5.41) is 2.96. The second-order valence-corrected chi connectivity index (χ2v) is 6.45. The predicted molar refractivity (Wildman–Crippen MR) is 80.4 cm³/mol. The number of hydrogen-bond donors (Lipinski definition) is 2. The first-order valence-corrected chi connectivity index (χ1v) is 8.27. The van der Waals surface area contributed by atoms with E-state index in [1.54, 1.807) is 18.2 Å². The summed E-state index contributed by atoms with van der Waals surface area (Å²) >= 11 is 0. The first-order valence-electron chi connectivity index (χ1n) is 6.79. The molecule has 1 fully saturated rings. The summed E-state index contributed by atoms with van der Waals surface area (Å²) < 4.78 is 16.8. The van der Waals surface area contributed by atoms with E-state index in [1.807, 2.05) is 6.92 Å². The SMILES string of the molecule is CCOc1cccc(N)c1C(=O)NC1CCS(=O)CC1. The molecular formula is C14H20N2O3S. The van der Waals surface area contributed by atoms with Gasteiger partial charge in [0.05, 0.1) is 6.61 Å². The second kappa shape index (κ2) is 6.74. The number of anilines is 1. The smallest absolute Gasteiger partial charge is 0.257 e. The van der Waals surface area contributed by atoms with Crippen LogP contribution in [0.2, 0.25) is 0 Å². The van der Waals surface area contributed by atoms with Crippen LogP contribution in [0.4, 0.5) is 5.69 Å². The van der Waals surface area contributed by atoms with E-state index in [-0.39, 0.29) is 11.9 Å². The molecule has 1 saturated heterocycles. The molecule has 5 nitrogen and oxygen atoms in total. The van der Waals surface area contributed by atoms with E-state index >= 15 is 0 Å². The lowest BCUT2D eigenvalue weighted by atomic mass is 10.1. The van der Waals surface area contributed by atoms with Gasteiger partial charge in [-0.2, -0.15) is 0 Å². The molecule has 0 bridgehead atoms. The third kappa shape index (κ3) is 3.50. The summed E-state index contributed by atoms with van der Waals surface area (Å²) in [7, 11) is -0.733. The van der Waals surface area contributed by atoms with Crippen LogP contribution in [0.15, 0.2) is 18.2 Å². The molecule has 0 radical (unpaired) electrons. The molecule has 1 aromatic carbocycles. The lowest BCUT2D eigenvalue weighted by Gasteiger charge is -2.23. The Morgan fingerprint density at radius 3 is 2.80 bits per heavy atom. The van der Waals surface area contributed by atoms with Crippen LogP contribution in [-0.4, -0.2) is 34.3 Å². The van der Waals surface area contributed by atoms with Gasteiger partial charge in [0, 0.05) is 34.0 Å². The monoisotopic (exact) mass is 296 g/mol. The predicted octanol–water partition coefficient (Wildman–Crippen LogP) is 1.31. The van der Waals surface area contributed by atoms with E-state index in [1.165, 1.54) is 0 Å². The van der Waals surface area contributed by atoms with Crippen molar-refractivity contribution in [1.29, 1.82) is 0 Å². The van der Waals surface area contributed by atoms with Crippen molar-refractivity contribution in [2.45, 2.75) is 25.8 Å². The number of ether oxygens (including phenoxy) is 1. The zero-order valence-corrected chi connectivity index (χ0v) is 12.4. The number of nitrogen functional groups attached to an aromatic ring is 1. The number of carbonyl (C=O) groups is 1. The van der Waals surface area contributed by atoms with Crippen molar-refractivity contribution >= 4 is 22.4 Å². The van der Waals surface area contributed by atoms with Crippen molar-refractivity contribution in [2.75, 3.05) is 23.8 Å². The second-order valence-electron chi connectivity index (χ2n) is 4.75. The van der Waals surface area contributed by atoms with Crippen molar-refractivity contribution in [3.8, 4) is 5.75 Å². The molecule has 1 aliphatic rings. The van der Waals surface area contributed by atoms with Crippen LogP contribution >= 0.6 is 0 Å². The highest BCUT2D eigenvalue weighted by Crippen LogP contribution is 2.25. The normalized spacial score (nSPS) is 22.2. The summed E-state index contributed by atoms with van der Waals surface area (Å²) in [6, 6.07) is 5.26. The van der Waals surface area contributed by atoms with Gasteiger partial charge in [0.2, 0.25) is 0 Å². The molecule has 1 heterocycles. The van der Waals surface area contributed by atoms with Gasteiger partial charge in [0.15, 0.2) is 0 Å². The number of nitrogens with two attached hydrogens (primary N) is 1. The van der Waals surface area contributed by atoms with Crippen LogP contribution in [0.25, 0.3) is 0 Å². The zero-order chi connectivity index (χ0) is 14.5. The van der Waals surface area contributed by atoms with Crippen LogP contribution in [-0.2, 0) is 10.8 Å². The van der Waals surface area contributed by atoms with Crippen molar-refractivity contribution in [2.24, 2.45) is 0 Å². The molecule has 6 heteroatoms. The van der Waals surface area contributed by atoms with Crippen molar-refractivity contribution in [3.63, 3.8) is 0 Å². The molecule has 20 heavy (non-hydrogen) atoms. The standard InChI is InChI=1S/C14H20N2O3S/c1-2-19-12-5-3-4-11(15)13(12)14(17)16-10-6-8-20(18)9-7-10/h3-5,10H,2,6-9,15H2,1H3,(H,16,17). The number of carbonyl (C=O) groups excluding carboxylic acids is 1. The van der Waals surface area contributed by atoms with Gasteiger partial charge in [-0.15, -0.1) is 0 Å². The van der Waals surface area contributed by atoms with Crippen LogP contribution in [0.5, 0.6) is 5.75 Å². The molecule has 0 atom stereocenters. The Morgan fingerprint density at radius 2 is 2.15 bits per heavy atom. The average Bonchev–Trinajstić information content (AvgIpc) is 2.42. The molecule has 110 valence electrons. The Bertz CT molecular complexity index is 509. The Labute approximate surface area is 121 Å². The number of hydrogen-bond acceptors (Lipinski definition) is 4. The first-order chi connectivity index (χ1) is 9.61. The van der Waals surface area contributed by atoms with E-state index in [4.69, 9.17) is 10.5 Å². The number of rotatable bonds is 4. The van der Waals surface area contributed by atoms with Gasteiger partial charge in [-0.1, -0.05) is 6.07 Å². The average molecular weight is 296 g/mol. The molecule has 0 unspecified atom stereocenters. The van der Waals surface area contributed by atoms with E-state index in [2.05, 4.69) is 5.32 Å². The van der Waals surface area contributed by atoms with Crippen LogP contribution < -0.4 is 15.8 Å². The molecule has 1 aliphatic heterocycles. The lowest BCUT2D eigenvalue weighted by molar-refractivity contribution is 0.0931. The molecular weight excluding hydrogens is 276 g/mol. The quantitative estimate of drug-likeness (QED) is 0.821. The zero-order valence-electron chi connectivity index (χ0n) is 11.6. The summed E-state index contributed by atoms with van der Waals surface area (Å²) in [5.74, 6) is 1.58. The molecule has 0 saturated carbocycles. The van der Waals surface area contributed by atoms with Gasteiger partial charge in [-0.05, 0) is 31.9 Å². The highest BCUT2D eigenvalue weighted by Gasteiger charge is 2.23. The van der Waals surface area contributed by atoms with Crippen LogP contribution in [0, 0.1) is 0 Å². The number of nitrogens with one attached hydrogen (secondary N) is 1. The Hall–Kier alpha value is -1.56. The third-order valence-electron chi connectivity index (χ3n) is 3.31. The molecule has 1 amide bonds. The van der Waals surface area contributed by atoms with Crippen molar-refractivity contribution < 1.29 is 13.7 Å². The minimum atomic E-state index is -0.733. The summed E-state index contributed by atoms with van der Waals surface area (Å²) in [6.07, 6.45) is 1.49. The van der Waals surface area contributed by atoms with Gasteiger partial charge >= 0.3 is 0 Å². The van der Waals surface area contributed by atoms with Crippen molar-refractivity contribution in [1.82, 2.24) is 5.32 Å². The topological polar surface area (TPSA) is 81.4 Å². The van der Waals surface area contributed by atoms with E-state index < -0.39 is 10.8 Å². The first kappa shape index (κ1) is 14.8. The fourth-order valence-electron chi connectivity index (χ4n) is 2.26. The molecule has 2 rings (SSSR count). The van der Waals surface area contributed by atoms with E-state index in [0.717, 1.165) is 12.8 Å². The minimum Gasteiger partial charge on any atom is -0.493 e. The number of benzene rings is 1. The highest BCUT2D eigenvalue weighted by molar-refractivity contribution is 7.85. The largest absolute Gasteiger partial charge is 0.493 e. The van der Waals surface area contributed by atoms with Gasteiger partial charge < -0.3 is 15.8 Å². The molecule has 0 aromatic heterocycles. The Kier molecular flexibility index (Phi) is 5.00. The molecule has 3 N–H and O–H groups in total. The fourth-order valence-corrected chi connectivity index (χ4v) is 3.56. The fraction of sp³-hybridized carbons (Fsp3) is 0.500. The molecule has 1 aromatic rings.